The van der Waals surface area contributed by atoms with E-state index in [-0.39, 0.29) is 11.0 Å². The van der Waals surface area contributed by atoms with Crippen LogP contribution < -0.4 is 16.3 Å². The van der Waals surface area contributed by atoms with E-state index in [1.807, 2.05) is 0 Å². The fraction of sp³-hybridized carbons (Fsp3) is 0.333. The van der Waals surface area contributed by atoms with Gasteiger partial charge in [0.25, 0.3) is 0 Å². The normalized spacial score (nSPS) is 11.5. The van der Waals surface area contributed by atoms with E-state index in [1.165, 1.54) is 18.2 Å². The fourth-order valence-electron chi connectivity index (χ4n) is 2.07. The summed E-state index contributed by atoms with van der Waals surface area (Å²) in [5.41, 5.74) is -1.84. The molecule has 0 radical (unpaired) electrons. The molecule has 0 saturated carbocycles. The summed E-state index contributed by atoms with van der Waals surface area (Å²) in [6, 6.07) is 4.41. The second-order valence-electron chi connectivity index (χ2n) is 4.92. The molecule has 130 valence electrons. The number of ether oxygens (including phenoxy) is 1. The molecule has 2 aromatic rings. The number of alkyl halides is 3. The van der Waals surface area contributed by atoms with Crippen LogP contribution in [0.5, 0.6) is 0 Å². The lowest BCUT2D eigenvalue weighted by Crippen LogP contribution is -2.29. The lowest BCUT2D eigenvalue weighted by atomic mass is 10.1. The van der Waals surface area contributed by atoms with Gasteiger partial charge in [-0.3, -0.25) is 0 Å². The molecule has 2 rings (SSSR count). The highest BCUT2D eigenvalue weighted by atomic mass is 32.1. The molecule has 5 nitrogen and oxygen atoms in total. The SMILES string of the molecule is COCCCNC(=S)Nc1ccc2c(C(F)(F)F)cc(=O)oc2c1. The van der Waals surface area contributed by atoms with E-state index in [1.54, 1.807) is 7.11 Å². The first-order chi connectivity index (χ1) is 11.3. The van der Waals surface area contributed by atoms with Gasteiger partial charge in [0.2, 0.25) is 0 Å². The van der Waals surface area contributed by atoms with E-state index in [0.717, 1.165) is 6.42 Å². The van der Waals surface area contributed by atoms with Crippen LogP contribution in [0.3, 0.4) is 0 Å². The van der Waals surface area contributed by atoms with Crippen LogP contribution in [0.25, 0.3) is 11.0 Å². The molecule has 0 saturated heterocycles. The Morgan fingerprint density at radius 3 is 2.75 bits per heavy atom. The van der Waals surface area contributed by atoms with E-state index in [0.29, 0.717) is 30.0 Å². The van der Waals surface area contributed by atoms with E-state index < -0.39 is 17.4 Å². The van der Waals surface area contributed by atoms with Crippen LogP contribution in [-0.2, 0) is 10.9 Å². The van der Waals surface area contributed by atoms with Crippen molar-refractivity contribution < 1.29 is 22.3 Å². The summed E-state index contributed by atoms with van der Waals surface area (Å²) in [7, 11) is 1.59. The van der Waals surface area contributed by atoms with Crippen LogP contribution in [0.4, 0.5) is 18.9 Å². The van der Waals surface area contributed by atoms with Gasteiger partial charge in [-0.2, -0.15) is 13.2 Å². The van der Waals surface area contributed by atoms with Gasteiger partial charge in [-0.1, -0.05) is 0 Å². The molecule has 0 spiro atoms. The van der Waals surface area contributed by atoms with Crippen LogP contribution in [0.15, 0.2) is 33.5 Å². The number of hydrogen-bond donors (Lipinski definition) is 2. The largest absolute Gasteiger partial charge is 0.423 e. The summed E-state index contributed by atoms with van der Waals surface area (Å²) in [5, 5.41) is 5.87. The van der Waals surface area contributed by atoms with Gasteiger partial charge in [0, 0.05) is 43.5 Å². The van der Waals surface area contributed by atoms with Crippen molar-refractivity contribution in [2.24, 2.45) is 0 Å². The van der Waals surface area contributed by atoms with Gasteiger partial charge < -0.3 is 19.8 Å². The molecule has 2 N–H and O–H groups in total. The Labute approximate surface area is 140 Å². The van der Waals surface area contributed by atoms with E-state index in [4.69, 9.17) is 21.4 Å². The van der Waals surface area contributed by atoms with E-state index in [9.17, 15) is 18.0 Å². The molecule has 0 atom stereocenters. The first-order valence-electron chi connectivity index (χ1n) is 7.00. The maximum Gasteiger partial charge on any atom is 0.417 e. The van der Waals surface area contributed by atoms with Gasteiger partial charge in [-0.05, 0) is 30.8 Å². The summed E-state index contributed by atoms with van der Waals surface area (Å²) in [6.45, 7) is 1.16. The summed E-state index contributed by atoms with van der Waals surface area (Å²) < 4.78 is 48.7. The van der Waals surface area contributed by atoms with Gasteiger partial charge in [0.05, 0.1) is 5.56 Å². The number of methoxy groups -OCH3 is 1. The standard InChI is InChI=1S/C15H15F3N2O3S/c1-22-6-2-5-19-14(24)20-9-3-4-10-11(15(16,17)18)8-13(21)23-12(10)7-9/h3-4,7-8H,2,5-6H2,1H3,(H2,19,20,24). The van der Waals surface area contributed by atoms with Crippen molar-refractivity contribution in [1.82, 2.24) is 5.32 Å². The van der Waals surface area contributed by atoms with Gasteiger partial charge in [-0.15, -0.1) is 0 Å². The predicted molar refractivity (Wildman–Crippen MR) is 88.2 cm³/mol. The Kier molecular flexibility index (Phi) is 5.79. The molecule has 1 aromatic heterocycles. The quantitative estimate of drug-likeness (QED) is 0.485. The van der Waals surface area contributed by atoms with Crippen molar-refractivity contribution in [3.8, 4) is 0 Å². The van der Waals surface area contributed by atoms with E-state index >= 15 is 0 Å². The van der Waals surface area contributed by atoms with Crippen molar-refractivity contribution in [3.05, 3.63) is 40.2 Å². The maximum atomic E-state index is 13.0. The van der Waals surface area contributed by atoms with Crippen LogP contribution in [0, 0.1) is 0 Å². The number of halogens is 3. The zero-order valence-electron chi connectivity index (χ0n) is 12.7. The molecule has 0 amide bonds. The number of rotatable bonds is 5. The molecule has 0 unspecified atom stereocenters. The molecule has 1 aromatic carbocycles. The highest BCUT2D eigenvalue weighted by Gasteiger charge is 2.33. The second kappa shape index (κ2) is 7.63. The number of fused-ring (bicyclic) bond motifs is 1. The molecule has 0 fully saturated rings. The van der Waals surface area contributed by atoms with Crippen molar-refractivity contribution in [3.63, 3.8) is 0 Å². The third-order valence-corrected chi connectivity index (χ3v) is 3.36. The maximum absolute atomic E-state index is 13.0. The summed E-state index contributed by atoms with van der Waals surface area (Å²) in [5.74, 6) is 0. The summed E-state index contributed by atoms with van der Waals surface area (Å²) in [6.07, 6.45) is -3.89. The molecular weight excluding hydrogens is 345 g/mol. The highest BCUT2D eigenvalue weighted by Crippen LogP contribution is 2.34. The highest BCUT2D eigenvalue weighted by molar-refractivity contribution is 7.80. The Morgan fingerprint density at radius 2 is 2.08 bits per heavy atom. The van der Waals surface area contributed by atoms with Gasteiger partial charge >= 0.3 is 11.8 Å². The van der Waals surface area contributed by atoms with Gasteiger partial charge in [0.1, 0.15) is 5.58 Å². The predicted octanol–water partition coefficient (Wildman–Crippen LogP) is 3.13. The molecule has 0 aliphatic heterocycles. The minimum Gasteiger partial charge on any atom is -0.423 e. The van der Waals surface area contributed by atoms with Crippen molar-refractivity contribution in [1.29, 1.82) is 0 Å². The topological polar surface area (TPSA) is 63.5 Å². The molecule has 0 bridgehead atoms. The average Bonchev–Trinajstić information content (AvgIpc) is 2.49. The Hall–Kier alpha value is -2.13. The van der Waals surface area contributed by atoms with Gasteiger partial charge in [0.15, 0.2) is 5.11 Å². The van der Waals surface area contributed by atoms with Crippen molar-refractivity contribution in [2.45, 2.75) is 12.6 Å². The van der Waals surface area contributed by atoms with Gasteiger partial charge in [-0.25, -0.2) is 4.79 Å². The average molecular weight is 360 g/mol. The van der Waals surface area contributed by atoms with Crippen molar-refractivity contribution in [2.75, 3.05) is 25.6 Å². The number of nitrogens with one attached hydrogen (secondary N) is 2. The van der Waals surface area contributed by atoms with E-state index in [2.05, 4.69) is 10.6 Å². The smallest absolute Gasteiger partial charge is 0.417 e. The third-order valence-electron chi connectivity index (χ3n) is 3.12. The summed E-state index contributed by atoms with van der Waals surface area (Å²) in [4.78, 5) is 11.4. The van der Waals surface area contributed by atoms with Crippen LogP contribution >= 0.6 is 12.2 Å². The monoisotopic (exact) mass is 360 g/mol. The molecule has 0 aliphatic carbocycles. The first-order valence-corrected chi connectivity index (χ1v) is 7.41. The Balaban J connectivity index is 2.20. The lowest BCUT2D eigenvalue weighted by molar-refractivity contribution is -0.136. The number of hydrogen-bond acceptors (Lipinski definition) is 4. The number of thiocarbonyl (C=S) groups is 1. The Morgan fingerprint density at radius 1 is 1.33 bits per heavy atom. The number of benzene rings is 1. The lowest BCUT2D eigenvalue weighted by Gasteiger charge is -2.12. The molecule has 0 aliphatic rings. The van der Waals surface area contributed by atoms with Crippen LogP contribution in [-0.4, -0.2) is 25.4 Å². The van der Waals surface area contributed by atoms with Crippen LogP contribution in [0.1, 0.15) is 12.0 Å². The summed E-state index contributed by atoms with van der Waals surface area (Å²) >= 11 is 5.08. The third kappa shape index (κ3) is 4.68. The zero-order valence-corrected chi connectivity index (χ0v) is 13.5. The minimum atomic E-state index is -4.64. The van der Waals surface area contributed by atoms with Crippen LogP contribution in [0.2, 0.25) is 0 Å². The minimum absolute atomic E-state index is 0.165. The fourth-order valence-corrected chi connectivity index (χ4v) is 2.29. The second-order valence-corrected chi connectivity index (χ2v) is 5.32. The Bertz CT molecular complexity index is 790. The molecule has 1 heterocycles. The van der Waals surface area contributed by atoms with Crippen molar-refractivity contribution >= 4 is 34.0 Å². The first kappa shape index (κ1) is 18.2. The molecule has 24 heavy (non-hydrogen) atoms. The number of anilines is 1. The molecule has 9 heteroatoms. The molecular formula is C15H15F3N2O3S. The zero-order chi connectivity index (χ0) is 17.7.